The molecule has 0 saturated carbocycles. The predicted octanol–water partition coefficient (Wildman–Crippen LogP) is -1.16. The van der Waals surface area contributed by atoms with Crippen LogP contribution in [0.25, 0.3) is 0 Å². The molecule has 3 radical (unpaired) electrons. The molecule has 0 rings (SSSR count). The third kappa shape index (κ3) is 26.5. The Hall–Kier alpha value is 3.33. The molecule has 0 fully saturated rings. The normalized spacial score (nSPS) is 0.667. The van der Waals surface area contributed by atoms with E-state index in [1.54, 1.807) is 0 Å². The van der Waals surface area contributed by atoms with Crippen molar-refractivity contribution < 1.29 is 58.4 Å². The fourth-order valence-electron chi connectivity index (χ4n) is 0. The van der Waals surface area contributed by atoms with E-state index in [1.165, 1.54) is 0 Å². The van der Waals surface area contributed by atoms with Crippen molar-refractivity contribution in [3.63, 3.8) is 0 Å². The first-order valence-corrected chi connectivity index (χ1v) is 1.37. The summed E-state index contributed by atoms with van der Waals surface area (Å²) < 4.78 is 8.34. The van der Waals surface area contributed by atoms with Crippen LogP contribution in [0.1, 0.15) is 0 Å². The minimum atomic E-state index is 0. The van der Waals surface area contributed by atoms with Gasteiger partial charge in [0.15, 0.2) is 0 Å². The van der Waals surface area contributed by atoms with Gasteiger partial charge < -0.3 is 0 Å². The molecule has 1 nitrogen and oxygen atoms in total. The summed E-state index contributed by atoms with van der Waals surface area (Å²) in [5.74, 6) is 0. The van der Waals surface area contributed by atoms with Gasteiger partial charge in [-0.05, 0) is 0 Å². The van der Waals surface area contributed by atoms with Crippen LogP contribution >= 0.6 is 0 Å². The Bertz CT molecular complexity index is 15.5. The maximum atomic E-state index is 8.34. The first-order chi connectivity index (χ1) is 1.00. The van der Waals surface area contributed by atoms with Crippen molar-refractivity contribution in [2.75, 3.05) is 0 Å². The number of hydrogen-bond donors (Lipinski definition) is 0. The van der Waals surface area contributed by atoms with Crippen molar-refractivity contribution in [2.45, 2.75) is 0 Å². The van der Waals surface area contributed by atoms with E-state index in [-0.39, 0.29) is 84.8 Å². The summed E-state index contributed by atoms with van der Waals surface area (Å²) in [7, 11) is 0. The zero-order chi connectivity index (χ0) is 2.00. The molecule has 33 valence electrons. The molecule has 0 aliphatic rings. The summed E-state index contributed by atoms with van der Waals surface area (Å²) in [6.07, 6.45) is 0. The molecule has 6 heavy (non-hydrogen) atoms. The van der Waals surface area contributed by atoms with E-state index in [0.717, 1.165) is 0 Å². The van der Waals surface area contributed by atoms with Crippen LogP contribution in [0.3, 0.4) is 0 Å². The number of rotatable bonds is 0. The maximum Gasteiger partial charge on any atom is 0 e. The van der Waals surface area contributed by atoms with Crippen LogP contribution in [-0.4, -0.2) is 52.1 Å². The van der Waals surface area contributed by atoms with Crippen LogP contribution in [0.5, 0.6) is 0 Å². The second-order valence-corrected chi connectivity index (χ2v) is 0. The van der Waals surface area contributed by atoms with Gasteiger partial charge in [0.05, 0.1) is 0 Å². The third-order valence-corrected chi connectivity index (χ3v) is 0. The minimum absolute atomic E-state index is 0. The van der Waals surface area contributed by atoms with Crippen LogP contribution in [0, 0.1) is 0 Å². The van der Waals surface area contributed by atoms with Gasteiger partial charge in [-0.25, -0.2) is 0 Å². The van der Waals surface area contributed by atoms with Gasteiger partial charge in [0.25, 0.3) is 0 Å². The fraction of sp³-hybridized carbons (Fsp3) is 0. The van der Waals surface area contributed by atoms with E-state index in [1.807, 2.05) is 0 Å². The molecule has 0 spiro atoms. The molecule has 0 aromatic rings. The molecule has 0 aliphatic carbocycles. The van der Waals surface area contributed by atoms with Gasteiger partial charge in [-0.2, -0.15) is 0 Å². The van der Waals surface area contributed by atoms with Gasteiger partial charge in [-0.3, -0.25) is 0 Å². The van der Waals surface area contributed by atoms with Gasteiger partial charge in [0.1, 0.15) is 0 Å². The molecule has 6 heteroatoms. The zero-order valence-electron chi connectivity index (χ0n) is 2.10. The van der Waals surface area contributed by atoms with Crippen molar-refractivity contribution in [2.24, 2.45) is 0 Å². The van der Waals surface area contributed by atoms with Crippen LogP contribution < -0.4 is 0 Å². The summed E-state index contributed by atoms with van der Waals surface area (Å²) in [5.41, 5.74) is 0. The summed E-state index contributed by atoms with van der Waals surface area (Å²) in [4.78, 5) is 0. The first-order valence-electron chi connectivity index (χ1n) is 0.204. The standard InChI is InChI=1S/Mn.Na.Ni.O.Sn.Ti.H. The van der Waals surface area contributed by atoms with Crippen molar-refractivity contribution in [3.05, 3.63) is 0 Å². The maximum absolute atomic E-state index is 8.34. The number of hydrogen-bond acceptors (Lipinski definition) is 1. The molecular formula is HMnNaNiOSnTi. The Morgan fingerprint density at radius 3 is 1.17 bits per heavy atom. The van der Waals surface area contributed by atoms with E-state index in [0.29, 0.717) is 22.5 Å². The van der Waals surface area contributed by atoms with Gasteiger partial charge in [-0.15, -0.1) is 0 Å². The van der Waals surface area contributed by atoms with Gasteiger partial charge in [-0.1, -0.05) is 0 Å². The van der Waals surface area contributed by atoms with Crippen molar-refractivity contribution in [1.29, 1.82) is 0 Å². The Morgan fingerprint density at radius 1 is 1.17 bits per heavy atom. The Balaban J connectivity index is -0.000000000833. The monoisotopic (exact) mass is 321 g/mol. The summed E-state index contributed by atoms with van der Waals surface area (Å²) in [6, 6.07) is 0. The van der Waals surface area contributed by atoms with E-state index in [2.05, 4.69) is 0 Å². The van der Waals surface area contributed by atoms with Gasteiger partial charge in [0, 0.05) is 55.3 Å². The smallest absolute Gasteiger partial charge is 0 e. The van der Waals surface area contributed by atoms with E-state index in [9.17, 15) is 0 Å². The topological polar surface area (TPSA) is 17.1 Å². The molecule has 0 unspecified atom stereocenters. The third-order valence-electron chi connectivity index (χ3n) is 0. The second-order valence-electron chi connectivity index (χ2n) is 0. The van der Waals surface area contributed by atoms with E-state index < -0.39 is 0 Å². The Morgan fingerprint density at radius 2 is 1.17 bits per heavy atom. The van der Waals surface area contributed by atoms with Gasteiger partial charge in [0.2, 0.25) is 0 Å². The minimum Gasteiger partial charge on any atom is 0 e. The van der Waals surface area contributed by atoms with Crippen LogP contribution in [0.2, 0.25) is 0 Å². The molecular weight excluding hydrogens is 319 g/mol. The summed E-state index contributed by atoms with van der Waals surface area (Å²) in [6.45, 7) is 0. The zero-order valence-corrected chi connectivity index (χ0v) is 8.69. The van der Waals surface area contributed by atoms with Gasteiger partial charge >= 0.3 is 55.1 Å². The van der Waals surface area contributed by atoms with Crippen LogP contribution in [-0.2, 0) is 58.4 Å². The molecule has 0 amide bonds. The second kappa shape index (κ2) is 40.4. The SMILES string of the molecule is [Mn].[NaH].[Ni].[O]=[Sn].[Ti]. The van der Waals surface area contributed by atoms with Crippen molar-refractivity contribution >= 4 is 52.1 Å². The molecule has 0 aliphatic heterocycles. The van der Waals surface area contributed by atoms with E-state index in [4.69, 9.17) is 3.08 Å². The first kappa shape index (κ1) is 34.5. The largest absolute Gasteiger partial charge is 0 e. The fourth-order valence-corrected chi connectivity index (χ4v) is 0. The van der Waals surface area contributed by atoms with Crippen LogP contribution in [0.4, 0.5) is 0 Å². The van der Waals surface area contributed by atoms with Crippen molar-refractivity contribution in [3.8, 4) is 0 Å². The quantitative estimate of drug-likeness (QED) is 0.515. The molecule has 0 aromatic carbocycles. The molecule has 0 N–H and O–H groups in total. The van der Waals surface area contributed by atoms with Crippen LogP contribution in [0.15, 0.2) is 0 Å². The predicted molar refractivity (Wildman–Crippen MR) is 13.6 cm³/mol. The molecule has 0 bridgehead atoms. The summed E-state index contributed by atoms with van der Waals surface area (Å²) >= 11 is 0.300. The summed E-state index contributed by atoms with van der Waals surface area (Å²) in [5, 5.41) is 0. The molecule has 0 saturated heterocycles. The molecule has 0 heterocycles. The average molecular weight is 320 g/mol. The Labute approximate surface area is 108 Å². The van der Waals surface area contributed by atoms with Crippen molar-refractivity contribution in [1.82, 2.24) is 0 Å². The van der Waals surface area contributed by atoms with E-state index >= 15 is 0 Å². The Kier molecular flexibility index (Phi) is 233. The molecule has 0 aromatic heterocycles. The molecule has 0 atom stereocenters. The average Bonchev–Trinajstić information content (AvgIpc) is 1.00.